The van der Waals surface area contributed by atoms with Crippen molar-refractivity contribution in [2.24, 2.45) is 0 Å². The number of benzene rings is 1. The van der Waals surface area contributed by atoms with Gasteiger partial charge in [-0.3, -0.25) is 14.8 Å². The van der Waals surface area contributed by atoms with Crippen LogP contribution in [0.2, 0.25) is 0 Å². The highest BCUT2D eigenvalue weighted by Gasteiger charge is 2.16. The molecule has 5 nitrogen and oxygen atoms in total. The van der Waals surface area contributed by atoms with Crippen LogP contribution in [-0.2, 0) is 0 Å². The van der Waals surface area contributed by atoms with Gasteiger partial charge in [-0.2, -0.15) is 0 Å². The molecule has 0 radical (unpaired) electrons. The van der Waals surface area contributed by atoms with Gasteiger partial charge in [0, 0.05) is 24.0 Å². The van der Waals surface area contributed by atoms with Crippen LogP contribution in [0.3, 0.4) is 0 Å². The van der Waals surface area contributed by atoms with Gasteiger partial charge < -0.3 is 5.32 Å². The maximum atomic E-state index is 13.1. The average molecular weight is 354 g/mol. The van der Waals surface area contributed by atoms with E-state index < -0.39 is 0 Å². The number of nitrogens with zero attached hydrogens (tertiary/aromatic N) is 3. The summed E-state index contributed by atoms with van der Waals surface area (Å²) in [7, 11) is 0. The number of carbonyl (C=O) groups is 1. The van der Waals surface area contributed by atoms with Crippen LogP contribution in [0.25, 0.3) is 22.3 Å². The monoisotopic (exact) mass is 354 g/mol. The summed E-state index contributed by atoms with van der Waals surface area (Å²) in [6.07, 6.45) is 5.16. The van der Waals surface area contributed by atoms with Crippen LogP contribution in [0, 0.1) is 0 Å². The fourth-order valence-corrected chi connectivity index (χ4v) is 3.02. The Balaban J connectivity index is 1.74. The molecule has 1 N–H and O–H groups in total. The molecule has 5 heteroatoms. The third-order valence-electron chi connectivity index (χ3n) is 4.44. The van der Waals surface area contributed by atoms with Crippen molar-refractivity contribution in [3.05, 3.63) is 90.4 Å². The van der Waals surface area contributed by atoms with Gasteiger partial charge >= 0.3 is 0 Å². The van der Waals surface area contributed by atoms with Gasteiger partial charge in [0.15, 0.2) is 0 Å². The van der Waals surface area contributed by atoms with Crippen LogP contribution >= 0.6 is 0 Å². The molecule has 0 bridgehead atoms. The number of fused-ring (bicyclic) bond motifs is 1. The number of nitrogens with one attached hydrogen (secondary N) is 1. The van der Waals surface area contributed by atoms with E-state index >= 15 is 0 Å². The zero-order valence-electron chi connectivity index (χ0n) is 14.8. The lowest BCUT2D eigenvalue weighted by molar-refractivity contribution is 0.0941. The first-order valence-corrected chi connectivity index (χ1v) is 8.74. The number of rotatable bonds is 4. The van der Waals surface area contributed by atoms with Gasteiger partial charge in [0.2, 0.25) is 0 Å². The summed E-state index contributed by atoms with van der Waals surface area (Å²) in [6, 6.07) is 18.8. The molecule has 1 amide bonds. The second-order valence-electron chi connectivity index (χ2n) is 6.26. The molecule has 132 valence electrons. The highest BCUT2D eigenvalue weighted by Crippen LogP contribution is 2.24. The van der Waals surface area contributed by atoms with Gasteiger partial charge in [0.1, 0.15) is 0 Å². The van der Waals surface area contributed by atoms with E-state index in [0.29, 0.717) is 11.3 Å². The lowest BCUT2D eigenvalue weighted by Gasteiger charge is -2.15. The molecule has 0 saturated heterocycles. The first-order valence-electron chi connectivity index (χ1n) is 8.74. The van der Waals surface area contributed by atoms with Crippen molar-refractivity contribution in [3.63, 3.8) is 0 Å². The summed E-state index contributed by atoms with van der Waals surface area (Å²) >= 11 is 0. The van der Waals surface area contributed by atoms with Crippen molar-refractivity contribution in [2.45, 2.75) is 13.0 Å². The quantitative estimate of drug-likeness (QED) is 0.597. The summed E-state index contributed by atoms with van der Waals surface area (Å²) in [5.41, 5.74) is 3.77. The Morgan fingerprint density at radius 1 is 0.926 bits per heavy atom. The van der Waals surface area contributed by atoms with Crippen LogP contribution in [0.5, 0.6) is 0 Å². The summed E-state index contributed by atoms with van der Waals surface area (Å²) in [5.74, 6) is -0.143. The third-order valence-corrected chi connectivity index (χ3v) is 4.44. The second-order valence-corrected chi connectivity index (χ2v) is 6.26. The number of hydrogen-bond acceptors (Lipinski definition) is 4. The molecule has 1 aromatic carbocycles. The van der Waals surface area contributed by atoms with Crippen LogP contribution in [0.4, 0.5) is 0 Å². The average Bonchev–Trinajstić information content (AvgIpc) is 2.74. The number of pyridine rings is 3. The molecule has 0 aliphatic heterocycles. The first-order chi connectivity index (χ1) is 13.2. The molecule has 0 spiro atoms. The van der Waals surface area contributed by atoms with Crippen molar-refractivity contribution in [2.75, 3.05) is 0 Å². The molecule has 0 aliphatic rings. The fraction of sp³-hybridized carbons (Fsp3) is 0.0909. The van der Waals surface area contributed by atoms with Crippen molar-refractivity contribution in [3.8, 4) is 11.4 Å². The molecule has 0 unspecified atom stereocenters. The second kappa shape index (κ2) is 7.33. The van der Waals surface area contributed by atoms with Crippen LogP contribution in [-0.4, -0.2) is 20.9 Å². The Bertz CT molecular complexity index is 1080. The number of carbonyl (C=O) groups excluding carboxylic acids is 1. The largest absolute Gasteiger partial charge is 0.345 e. The van der Waals surface area contributed by atoms with Gasteiger partial charge in [-0.1, -0.05) is 24.3 Å². The minimum Gasteiger partial charge on any atom is -0.345 e. The Morgan fingerprint density at radius 2 is 1.70 bits per heavy atom. The van der Waals surface area contributed by atoms with Gasteiger partial charge in [-0.25, -0.2) is 4.98 Å². The molecule has 4 aromatic rings. The zero-order chi connectivity index (χ0) is 18.6. The van der Waals surface area contributed by atoms with Gasteiger partial charge in [-0.05, 0) is 48.9 Å². The summed E-state index contributed by atoms with van der Waals surface area (Å²) in [6.45, 7) is 1.95. The maximum absolute atomic E-state index is 13.1. The van der Waals surface area contributed by atoms with Crippen molar-refractivity contribution in [1.82, 2.24) is 20.3 Å². The lowest BCUT2D eigenvalue weighted by Crippen LogP contribution is -2.27. The van der Waals surface area contributed by atoms with Crippen molar-refractivity contribution in [1.29, 1.82) is 0 Å². The summed E-state index contributed by atoms with van der Waals surface area (Å²) in [5, 5.41) is 3.88. The van der Waals surface area contributed by atoms with E-state index in [9.17, 15) is 4.79 Å². The SMILES string of the molecule is C[C@H](NC(=O)c1cc(-c2ccccn2)nc2ccccc12)c1ccncc1. The highest BCUT2D eigenvalue weighted by atomic mass is 16.1. The van der Waals surface area contributed by atoms with Crippen LogP contribution < -0.4 is 5.32 Å². The highest BCUT2D eigenvalue weighted by molar-refractivity contribution is 6.07. The van der Waals surface area contributed by atoms with Crippen molar-refractivity contribution < 1.29 is 4.79 Å². The topological polar surface area (TPSA) is 67.8 Å². The molecule has 0 fully saturated rings. The lowest BCUT2D eigenvalue weighted by atomic mass is 10.0. The fourth-order valence-electron chi connectivity index (χ4n) is 3.02. The van der Waals surface area contributed by atoms with E-state index in [1.165, 1.54) is 0 Å². The Morgan fingerprint density at radius 3 is 2.48 bits per heavy atom. The minimum atomic E-state index is -0.143. The van der Waals surface area contributed by atoms with Gasteiger partial charge in [-0.15, -0.1) is 0 Å². The van der Waals surface area contributed by atoms with E-state index in [4.69, 9.17) is 0 Å². The summed E-state index contributed by atoms with van der Waals surface area (Å²) in [4.78, 5) is 26.1. The molecular formula is C22H18N4O. The molecule has 0 aliphatic carbocycles. The number of hydrogen-bond donors (Lipinski definition) is 1. The summed E-state index contributed by atoms with van der Waals surface area (Å²) < 4.78 is 0. The Hall–Kier alpha value is -3.60. The number of para-hydroxylation sites is 1. The van der Waals surface area contributed by atoms with E-state index in [1.807, 2.05) is 61.5 Å². The maximum Gasteiger partial charge on any atom is 0.252 e. The van der Waals surface area contributed by atoms with Gasteiger partial charge in [0.25, 0.3) is 5.91 Å². The Kier molecular flexibility index (Phi) is 4.58. The molecule has 3 aromatic heterocycles. The Labute approximate surface area is 157 Å². The normalized spacial score (nSPS) is 11.9. The smallest absolute Gasteiger partial charge is 0.252 e. The standard InChI is InChI=1S/C22H18N4O/c1-15(16-9-12-23-13-10-16)25-22(27)18-14-21(20-8-4-5-11-24-20)26-19-7-3-2-6-17(18)19/h2-15H,1H3,(H,25,27)/t15-/m0/s1. The van der Waals surface area contributed by atoms with E-state index in [1.54, 1.807) is 24.7 Å². The molecule has 0 saturated carbocycles. The molecule has 27 heavy (non-hydrogen) atoms. The first kappa shape index (κ1) is 16.8. The molecular weight excluding hydrogens is 336 g/mol. The number of amides is 1. The molecule has 4 rings (SSSR count). The molecule has 1 atom stereocenters. The van der Waals surface area contributed by atoms with Crippen LogP contribution in [0.15, 0.2) is 79.3 Å². The predicted molar refractivity (Wildman–Crippen MR) is 105 cm³/mol. The predicted octanol–water partition coefficient (Wildman–Crippen LogP) is 4.18. The third kappa shape index (κ3) is 3.53. The van der Waals surface area contributed by atoms with E-state index in [-0.39, 0.29) is 11.9 Å². The van der Waals surface area contributed by atoms with E-state index in [0.717, 1.165) is 22.2 Å². The minimum absolute atomic E-state index is 0.134. The van der Waals surface area contributed by atoms with Crippen LogP contribution in [0.1, 0.15) is 28.9 Å². The number of aromatic nitrogens is 3. The van der Waals surface area contributed by atoms with Gasteiger partial charge in [0.05, 0.1) is 28.5 Å². The van der Waals surface area contributed by atoms with Crippen molar-refractivity contribution >= 4 is 16.8 Å². The van der Waals surface area contributed by atoms with E-state index in [2.05, 4.69) is 20.3 Å². The zero-order valence-corrected chi connectivity index (χ0v) is 14.8. The molecule has 3 heterocycles.